The monoisotopic (exact) mass is 444 g/mol. The molecule has 0 radical (unpaired) electrons. The molecule has 1 aliphatic rings. The van der Waals surface area contributed by atoms with E-state index in [1.54, 1.807) is 0 Å². The van der Waals surface area contributed by atoms with Crippen LogP contribution in [-0.4, -0.2) is 42.2 Å². The van der Waals surface area contributed by atoms with Gasteiger partial charge in [0.2, 0.25) is 5.91 Å². The highest BCUT2D eigenvalue weighted by atomic mass is 32.1. The first-order valence-corrected chi connectivity index (χ1v) is 10.9. The largest absolute Gasteiger partial charge is 0.382 e. The first-order valence-electron chi connectivity index (χ1n) is 9.23. The highest BCUT2D eigenvalue weighted by Crippen LogP contribution is 2.38. The van der Waals surface area contributed by atoms with E-state index < -0.39 is 0 Å². The number of nitrogens with two attached hydrogens (primary N) is 1. The number of hydrogen-bond acceptors (Lipinski definition) is 8. The number of nitrogen functional groups attached to an aromatic ring is 1. The lowest BCUT2D eigenvalue weighted by Crippen LogP contribution is -2.24. The molecule has 0 spiro atoms. The number of benzene rings is 1. The number of aromatic nitrogens is 2. The maximum atomic E-state index is 12.3. The average molecular weight is 445 g/mol. The number of carbonyl (C=O) groups excluding carboxylic acids is 2. The normalized spacial score (nSPS) is 15.7. The van der Waals surface area contributed by atoms with E-state index >= 15 is 0 Å². The van der Waals surface area contributed by atoms with Crippen LogP contribution in [0.2, 0.25) is 0 Å². The van der Waals surface area contributed by atoms with Crippen molar-refractivity contribution in [1.29, 1.82) is 0 Å². The van der Waals surface area contributed by atoms with Gasteiger partial charge in [0.1, 0.15) is 15.7 Å². The van der Waals surface area contributed by atoms with E-state index in [2.05, 4.69) is 25.9 Å². The fraction of sp³-hybridized carbons (Fsp3) is 0.263. The number of hydrogen-bond donors (Lipinski definition) is 4. The zero-order valence-corrected chi connectivity index (χ0v) is 17.7. The van der Waals surface area contributed by atoms with Gasteiger partial charge in [0.05, 0.1) is 18.2 Å². The van der Waals surface area contributed by atoms with Crippen molar-refractivity contribution >= 4 is 51.2 Å². The fourth-order valence-electron chi connectivity index (χ4n) is 2.95. The predicted octanol–water partition coefficient (Wildman–Crippen LogP) is 3.24. The molecule has 1 aliphatic heterocycles. The van der Waals surface area contributed by atoms with Gasteiger partial charge >= 0.3 is 6.03 Å². The molecule has 1 aromatic carbocycles. The Kier molecular flexibility index (Phi) is 5.93. The molecule has 1 saturated heterocycles. The molecule has 11 heteroatoms. The van der Waals surface area contributed by atoms with Crippen molar-refractivity contribution < 1.29 is 14.3 Å². The second-order valence-corrected chi connectivity index (χ2v) is 8.46. The van der Waals surface area contributed by atoms with Gasteiger partial charge in [-0.3, -0.25) is 10.1 Å². The van der Waals surface area contributed by atoms with Gasteiger partial charge in [-0.2, -0.15) is 0 Å². The summed E-state index contributed by atoms with van der Waals surface area (Å²) in [5.41, 5.74) is 8.38. The van der Waals surface area contributed by atoms with Crippen LogP contribution in [0.25, 0.3) is 21.1 Å². The Morgan fingerprint density at radius 3 is 2.90 bits per heavy atom. The molecule has 0 bridgehead atoms. The Bertz CT molecular complexity index is 1070. The molecule has 4 rings (SSSR count). The maximum Gasteiger partial charge on any atom is 0.320 e. The van der Waals surface area contributed by atoms with Crippen LogP contribution in [0.3, 0.4) is 0 Å². The van der Waals surface area contributed by atoms with Gasteiger partial charge < -0.3 is 21.1 Å². The van der Waals surface area contributed by atoms with Crippen molar-refractivity contribution in [3.63, 3.8) is 0 Å². The molecule has 1 fully saturated rings. The van der Waals surface area contributed by atoms with E-state index in [0.717, 1.165) is 17.7 Å². The first kappa shape index (κ1) is 20.3. The van der Waals surface area contributed by atoms with E-state index in [-0.39, 0.29) is 17.9 Å². The molecular formula is C19H20N6O3S2. The zero-order chi connectivity index (χ0) is 21.1. The smallest absolute Gasteiger partial charge is 0.320 e. The Morgan fingerprint density at radius 2 is 2.13 bits per heavy atom. The molecule has 5 N–H and O–H groups in total. The van der Waals surface area contributed by atoms with Gasteiger partial charge in [-0.1, -0.05) is 23.5 Å². The predicted molar refractivity (Wildman–Crippen MR) is 119 cm³/mol. The van der Waals surface area contributed by atoms with Crippen LogP contribution in [0.15, 0.2) is 29.6 Å². The van der Waals surface area contributed by atoms with Crippen LogP contribution >= 0.6 is 22.7 Å². The van der Waals surface area contributed by atoms with Crippen LogP contribution in [0.4, 0.5) is 21.4 Å². The maximum absolute atomic E-state index is 12.3. The summed E-state index contributed by atoms with van der Waals surface area (Å²) in [6, 6.07) is 7.19. The number of amides is 3. The summed E-state index contributed by atoms with van der Waals surface area (Å²) in [5.74, 6) is 0.177. The van der Waals surface area contributed by atoms with Crippen molar-refractivity contribution in [2.45, 2.75) is 6.42 Å². The molecule has 3 aromatic rings. The lowest BCUT2D eigenvalue weighted by atomic mass is 10.1. The average Bonchev–Trinajstić information content (AvgIpc) is 3.49. The van der Waals surface area contributed by atoms with Gasteiger partial charge in [0.15, 0.2) is 5.13 Å². The molecule has 0 saturated carbocycles. The second kappa shape index (κ2) is 8.78. The Morgan fingerprint density at radius 1 is 1.27 bits per heavy atom. The van der Waals surface area contributed by atoms with Crippen molar-refractivity contribution in [1.82, 2.24) is 15.3 Å². The molecular weight excluding hydrogens is 424 g/mol. The van der Waals surface area contributed by atoms with E-state index in [0.29, 0.717) is 39.7 Å². The zero-order valence-electron chi connectivity index (χ0n) is 16.1. The molecule has 3 amide bonds. The van der Waals surface area contributed by atoms with Crippen molar-refractivity contribution in [3.8, 4) is 21.1 Å². The lowest BCUT2D eigenvalue weighted by Gasteiger charge is -2.10. The van der Waals surface area contributed by atoms with Crippen LogP contribution in [-0.2, 0) is 9.53 Å². The van der Waals surface area contributed by atoms with Crippen molar-refractivity contribution in [2.75, 3.05) is 36.6 Å². The van der Waals surface area contributed by atoms with Crippen molar-refractivity contribution in [3.05, 3.63) is 29.6 Å². The number of nitrogens with one attached hydrogen (secondary N) is 3. The molecule has 1 unspecified atom stereocenters. The number of carbonyl (C=O) groups is 2. The lowest BCUT2D eigenvalue weighted by molar-refractivity contribution is -0.119. The molecule has 156 valence electrons. The number of ether oxygens (including phenoxy) is 1. The Balaban J connectivity index is 1.51. The minimum Gasteiger partial charge on any atom is -0.382 e. The quantitative estimate of drug-likeness (QED) is 0.478. The number of rotatable bonds is 5. The SMILES string of the molecule is CNC(=O)Nc1nc(N)c(-c2nc(-c3cccc(NC(=O)C4CCOC4)c3)cs2)s1. The standard InChI is InChI=1S/C19H20N6O3S2/c1-21-18(27)25-19-24-15(20)14(30-19)17-23-13(9-29-17)10-3-2-4-12(7-10)22-16(26)11-5-6-28-8-11/h2-4,7,9,11H,5-6,8,20H2,1H3,(H,22,26)(H2,21,24,25,27). The summed E-state index contributed by atoms with van der Waals surface area (Å²) in [5, 5.41) is 11.1. The summed E-state index contributed by atoms with van der Waals surface area (Å²) < 4.78 is 5.28. The molecule has 30 heavy (non-hydrogen) atoms. The minimum absolute atomic E-state index is 0.0304. The van der Waals surface area contributed by atoms with Gasteiger partial charge in [0.25, 0.3) is 0 Å². The summed E-state index contributed by atoms with van der Waals surface area (Å²) in [6.07, 6.45) is 0.744. The number of urea groups is 1. The third kappa shape index (κ3) is 4.42. The highest BCUT2D eigenvalue weighted by Gasteiger charge is 2.23. The third-order valence-corrected chi connectivity index (χ3v) is 6.51. The van der Waals surface area contributed by atoms with Crippen LogP contribution in [0.1, 0.15) is 6.42 Å². The molecule has 2 aromatic heterocycles. The number of thiazole rings is 2. The topological polar surface area (TPSA) is 131 Å². The first-order chi connectivity index (χ1) is 14.5. The van der Waals surface area contributed by atoms with E-state index in [9.17, 15) is 9.59 Å². The van der Waals surface area contributed by atoms with Gasteiger partial charge in [-0.25, -0.2) is 14.8 Å². The van der Waals surface area contributed by atoms with E-state index in [4.69, 9.17) is 10.5 Å². The van der Waals surface area contributed by atoms with Crippen LogP contribution in [0, 0.1) is 5.92 Å². The van der Waals surface area contributed by atoms with E-state index in [1.807, 2.05) is 29.6 Å². The molecule has 3 heterocycles. The third-order valence-electron chi connectivity index (χ3n) is 4.53. The fourth-order valence-corrected chi connectivity index (χ4v) is 4.76. The summed E-state index contributed by atoms with van der Waals surface area (Å²) >= 11 is 2.70. The minimum atomic E-state index is -0.363. The summed E-state index contributed by atoms with van der Waals surface area (Å²) in [4.78, 5) is 33.3. The Labute approximate surface area is 180 Å². The van der Waals surface area contributed by atoms with E-state index in [1.165, 1.54) is 29.7 Å². The van der Waals surface area contributed by atoms with Crippen LogP contribution < -0.4 is 21.7 Å². The highest BCUT2D eigenvalue weighted by molar-refractivity contribution is 7.23. The van der Waals surface area contributed by atoms with Crippen molar-refractivity contribution in [2.24, 2.45) is 5.92 Å². The number of nitrogens with zero attached hydrogens (tertiary/aromatic N) is 2. The molecule has 0 aliphatic carbocycles. The summed E-state index contributed by atoms with van der Waals surface area (Å²) in [6.45, 7) is 1.09. The van der Waals surface area contributed by atoms with Gasteiger partial charge in [-0.15, -0.1) is 11.3 Å². The van der Waals surface area contributed by atoms with Crippen LogP contribution in [0.5, 0.6) is 0 Å². The number of anilines is 3. The van der Waals surface area contributed by atoms with Gasteiger partial charge in [0, 0.05) is 30.3 Å². The summed E-state index contributed by atoms with van der Waals surface area (Å²) in [7, 11) is 1.53. The molecule has 9 nitrogen and oxygen atoms in total. The molecule has 1 atom stereocenters. The second-order valence-electron chi connectivity index (χ2n) is 6.61. The Hall–Kier alpha value is -3.02. The van der Waals surface area contributed by atoms with Gasteiger partial charge in [-0.05, 0) is 18.6 Å².